The summed E-state index contributed by atoms with van der Waals surface area (Å²) in [6.45, 7) is 1.84. The van der Waals surface area contributed by atoms with E-state index in [4.69, 9.17) is 16.3 Å². The van der Waals surface area contributed by atoms with Gasteiger partial charge in [-0.1, -0.05) is 39.7 Å². The molecule has 0 radical (unpaired) electrons. The fourth-order valence-electron chi connectivity index (χ4n) is 1.84. The van der Waals surface area contributed by atoms with Crippen LogP contribution < -0.4 is 0 Å². The van der Waals surface area contributed by atoms with E-state index in [1.165, 1.54) is 0 Å². The molecule has 1 atom stereocenters. The molecule has 1 aliphatic heterocycles. The highest BCUT2D eigenvalue weighted by molar-refractivity contribution is 9.09. The molecule has 3 nitrogen and oxygen atoms in total. The summed E-state index contributed by atoms with van der Waals surface area (Å²) >= 11 is 9.03. The minimum absolute atomic E-state index is 0.0518. The second-order valence-electron chi connectivity index (χ2n) is 3.88. The zero-order valence-electron chi connectivity index (χ0n) is 9.23. The number of carbonyl (C=O) groups is 1. The quantitative estimate of drug-likeness (QED) is 0.785. The van der Waals surface area contributed by atoms with Crippen LogP contribution in [0.25, 0.3) is 0 Å². The molecule has 0 aliphatic carbocycles. The molecule has 17 heavy (non-hydrogen) atoms. The minimum atomic E-state index is -0.0518. The maximum atomic E-state index is 11.6. The lowest BCUT2D eigenvalue weighted by atomic mass is 10.1. The summed E-state index contributed by atoms with van der Waals surface area (Å²) in [4.78, 5) is 13.4. The Morgan fingerprint density at radius 1 is 1.47 bits per heavy atom. The summed E-state index contributed by atoms with van der Waals surface area (Å²) in [5, 5.41) is 1.07. The number of halogens is 2. The van der Waals surface area contributed by atoms with Crippen LogP contribution in [0.15, 0.2) is 24.3 Å². The number of rotatable bonds is 2. The summed E-state index contributed by atoms with van der Waals surface area (Å²) in [5.41, 5.74) is 1.06. The predicted molar refractivity (Wildman–Crippen MR) is 70.5 cm³/mol. The fraction of sp³-hybridized carbons (Fsp3) is 0.417. The molecule has 0 aromatic heterocycles. The van der Waals surface area contributed by atoms with Gasteiger partial charge < -0.3 is 9.64 Å². The first kappa shape index (κ1) is 12.9. The van der Waals surface area contributed by atoms with Crippen LogP contribution in [-0.4, -0.2) is 35.8 Å². The van der Waals surface area contributed by atoms with Crippen molar-refractivity contribution < 1.29 is 9.53 Å². The number of hydrogen-bond acceptors (Lipinski definition) is 2. The fourth-order valence-corrected chi connectivity index (χ4v) is 2.32. The van der Waals surface area contributed by atoms with Crippen molar-refractivity contribution in [2.75, 3.05) is 25.0 Å². The molecular weight excluding hydrogens is 305 g/mol. The summed E-state index contributed by atoms with van der Waals surface area (Å²) in [5.74, 6) is 0.104. The van der Waals surface area contributed by atoms with E-state index < -0.39 is 0 Å². The van der Waals surface area contributed by atoms with E-state index in [2.05, 4.69) is 15.9 Å². The number of ether oxygens (including phenoxy) is 1. The lowest BCUT2D eigenvalue weighted by Gasteiger charge is -2.32. The van der Waals surface area contributed by atoms with Gasteiger partial charge in [-0.15, -0.1) is 0 Å². The molecule has 1 heterocycles. The van der Waals surface area contributed by atoms with Gasteiger partial charge in [0.15, 0.2) is 0 Å². The predicted octanol–water partition coefficient (Wildman–Crippen LogP) is 2.63. The van der Waals surface area contributed by atoms with Gasteiger partial charge in [0.1, 0.15) is 6.10 Å². The van der Waals surface area contributed by atoms with E-state index in [1.54, 1.807) is 0 Å². The number of amides is 1. The van der Waals surface area contributed by atoms with Gasteiger partial charge in [-0.25, -0.2) is 0 Å². The van der Waals surface area contributed by atoms with Crippen molar-refractivity contribution in [3.8, 4) is 0 Å². The zero-order valence-corrected chi connectivity index (χ0v) is 11.6. The van der Waals surface area contributed by atoms with Crippen molar-refractivity contribution in [1.29, 1.82) is 0 Å². The number of hydrogen-bond donors (Lipinski definition) is 0. The molecule has 1 aliphatic rings. The van der Waals surface area contributed by atoms with E-state index in [-0.39, 0.29) is 12.0 Å². The molecule has 2 rings (SSSR count). The first-order valence-corrected chi connectivity index (χ1v) is 6.91. The van der Waals surface area contributed by atoms with Crippen molar-refractivity contribution in [2.45, 2.75) is 6.10 Å². The van der Waals surface area contributed by atoms with Crippen LogP contribution in [0.1, 0.15) is 11.7 Å². The number of nitrogens with zero attached hydrogens (tertiary/aromatic N) is 1. The highest BCUT2D eigenvalue weighted by Crippen LogP contribution is 2.23. The first-order valence-electron chi connectivity index (χ1n) is 5.41. The third-order valence-electron chi connectivity index (χ3n) is 2.78. The van der Waals surface area contributed by atoms with E-state index >= 15 is 0 Å². The van der Waals surface area contributed by atoms with E-state index in [0.717, 1.165) is 5.56 Å². The van der Waals surface area contributed by atoms with Crippen LogP contribution in [0.2, 0.25) is 5.02 Å². The second kappa shape index (κ2) is 5.85. The Morgan fingerprint density at radius 2 is 2.18 bits per heavy atom. The van der Waals surface area contributed by atoms with E-state index in [1.807, 2.05) is 29.2 Å². The molecule has 0 spiro atoms. The lowest BCUT2D eigenvalue weighted by molar-refractivity contribution is -0.136. The van der Waals surface area contributed by atoms with Gasteiger partial charge in [0.05, 0.1) is 18.5 Å². The van der Waals surface area contributed by atoms with Gasteiger partial charge in [0.25, 0.3) is 0 Å². The smallest absolute Gasteiger partial charge is 0.233 e. The molecular formula is C12H13BrClNO2. The van der Waals surface area contributed by atoms with Crippen LogP contribution in [0.4, 0.5) is 0 Å². The number of carbonyl (C=O) groups excluding carboxylic acids is 1. The SMILES string of the molecule is O=C(CBr)N1CCOC(c2ccc(Cl)cc2)C1. The third-order valence-corrected chi connectivity index (χ3v) is 3.51. The minimum Gasteiger partial charge on any atom is -0.370 e. The summed E-state index contributed by atoms with van der Waals surface area (Å²) in [6, 6.07) is 7.56. The van der Waals surface area contributed by atoms with Crippen molar-refractivity contribution in [1.82, 2.24) is 4.90 Å². The molecule has 0 N–H and O–H groups in total. The summed E-state index contributed by atoms with van der Waals surface area (Å²) in [6.07, 6.45) is -0.0518. The summed E-state index contributed by atoms with van der Waals surface area (Å²) < 4.78 is 5.68. The Hall–Kier alpha value is -0.580. The first-order chi connectivity index (χ1) is 8.20. The van der Waals surface area contributed by atoms with Crippen molar-refractivity contribution in [2.24, 2.45) is 0 Å². The molecule has 5 heteroatoms. The van der Waals surface area contributed by atoms with Crippen molar-refractivity contribution in [3.05, 3.63) is 34.9 Å². The molecule has 0 bridgehead atoms. The number of benzene rings is 1. The monoisotopic (exact) mass is 317 g/mol. The van der Waals surface area contributed by atoms with E-state index in [9.17, 15) is 4.79 Å². The molecule has 1 amide bonds. The third kappa shape index (κ3) is 3.21. The van der Waals surface area contributed by atoms with Crippen molar-refractivity contribution >= 4 is 33.4 Å². The normalized spacial score (nSPS) is 20.4. The molecule has 0 saturated carbocycles. The van der Waals surface area contributed by atoms with Crippen molar-refractivity contribution in [3.63, 3.8) is 0 Å². The molecule has 1 saturated heterocycles. The van der Waals surface area contributed by atoms with Gasteiger partial charge in [-0.2, -0.15) is 0 Å². The second-order valence-corrected chi connectivity index (χ2v) is 4.88. The topological polar surface area (TPSA) is 29.5 Å². The molecule has 1 aromatic carbocycles. The van der Waals surface area contributed by atoms with Gasteiger partial charge in [0, 0.05) is 11.6 Å². The van der Waals surface area contributed by atoms with Crippen LogP contribution in [0, 0.1) is 0 Å². The Bertz CT molecular complexity index is 396. The number of alkyl halides is 1. The van der Waals surface area contributed by atoms with E-state index in [0.29, 0.717) is 30.0 Å². The van der Waals surface area contributed by atoms with Gasteiger partial charge in [-0.05, 0) is 17.7 Å². The highest BCUT2D eigenvalue weighted by Gasteiger charge is 2.24. The Labute approximate surface area is 114 Å². The lowest BCUT2D eigenvalue weighted by Crippen LogP contribution is -2.42. The number of morpholine rings is 1. The Balaban J connectivity index is 2.06. The summed E-state index contributed by atoms with van der Waals surface area (Å²) in [7, 11) is 0. The van der Waals surface area contributed by atoms with Gasteiger partial charge >= 0.3 is 0 Å². The highest BCUT2D eigenvalue weighted by atomic mass is 79.9. The Morgan fingerprint density at radius 3 is 2.82 bits per heavy atom. The van der Waals surface area contributed by atoms with Crippen LogP contribution in [-0.2, 0) is 9.53 Å². The molecule has 1 aromatic rings. The Kier molecular flexibility index (Phi) is 4.42. The maximum Gasteiger partial charge on any atom is 0.233 e. The molecule has 1 unspecified atom stereocenters. The van der Waals surface area contributed by atoms with Gasteiger partial charge in [-0.3, -0.25) is 4.79 Å². The largest absolute Gasteiger partial charge is 0.370 e. The average molecular weight is 319 g/mol. The standard InChI is InChI=1S/C12H13BrClNO2/c13-7-12(16)15-5-6-17-11(8-15)9-1-3-10(14)4-2-9/h1-4,11H,5-8H2. The van der Waals surface area contributed by atoms with Crippen LogP contribution in [0.3, 0.4) is 0 Å². The zero-order chi connectivity index (χ0) is 12.3. The molecule has 92 valence electrons. The van der Waals surface area contributed by atoms with Crippen LogP contribution in [0.5, 0.6) is 0 Å². The van der Waals surface area contributed by atoms with Crippen LogP contribution >= 0.6 is 27.5 Å². The molecule has 1 fully saturated rings. The van der Waals surface area contributed by atoms with Gasteiger partial charge in [0.2, 0.25) is 5.91 Å². The maximum absolute atomic E-state index is 11.6. The average Bonchev–Trinajstić information content (AvgIpc) is 2.39.